The van der Waals surface area contributed by atoms with Gasteiger partial charge in [-0.1, -0.05) is 18.2 Å². The van der Waals surface area contributed by atoms with Crippen LogP contribution >= 0.6 is 12.2 Å². The number of nitro benzene ring substituents is 1. The van der Waals surface area contributed by atoms with Crippen molar-refractivity contribution in [2.24, 2.45) is 0 Å². The van der Waals surface area contributed by atoms with E-state index < -0.39 is 4.92 Å². The fourth-order valence-corrected chi connectivity index (χ4v) is 2.41. The Kier molecular flexibility index (Phi) is 7.04. The maximum absolute atomic E-state index is 11.9. The number of aryl methyl sites for hydroxylation is 1. The molecule has 2 N–H and O–H groups in total. The summed E-state index contributed by atoms with van der Waals surface area (Å²) in [6.07, 6.45) is 0.827. The number of hydrogen-bond donors (Lipinski definition) is 2. The summed E-state index contributed by atoms with van der Waals surface area (Å²) in [5, 5.41) is 16.3. The van der Waals surface area contributed by atoms with Gasteiger partial charge in [-0.3, -0.25) is 14.9 Å². The Bertz CT molecular complexity index is 796. The van der Waals surface area contributed by atoms with Crippen molar-refractivity contribution in [3.05, 3.63) is 64.2 Å². The van der Waals surface area contributed by atoms with Crippen LogP contribution in [0.4, 0.5) is 11.4 Å². The molecule has 0 radical (unpaired) electrons. The number of nitrogens with one attached hydrogen (secondary N) is 2. The fourth-order valence-electron chi connectivity index (χ4n) is 2.18. The zero-order chi connectivity index (χ0) is 18.9. The van der Waals surface area contributed by atoms with Gasteiger partial charge in [0.05, 0.1) is 11.5 Å². The quantitative estimate of drug-likeness (QED) is 0.333. The van der Waals surface area contributed by atoms with Crippen molar-refractivity contribution in [2.45, 2.75) is 19.8 Å². The lowest BCUT2D eigenvalue weighted by Crippen LogP contribution is -2.34. The van der Waals surface area contributed by atoms with Crippen LogP contribution in [0.15, 0.2) is 48.5 Å². The third kappa shape index (κ3) is 6.14. The standard InChI is InChI=1S/C18H19N3O4S/c1-13-12-14(21(23)24)9-10-16(13)19-18(26)20-17(22)8-5-11-25-15-6-3-2-4-7-15/h2-4,6-7,9-10,12H,5,8,11H2,1H3,(H2,19,20,22,26). The summed E-state index contributed by atoms with van der Waals surface area (Å²) in [4.78, 5) is 22.2. The largest absolute Gasteiger partial charge is 0.494 e. The Morgan fingerprint density at radius 1 is 1.23 bits per heavy atom. The van der Waals surface area contributed by atoms with Crippen molar-refractivity contribution in [1.29, 1.82) is 0 Å². The van der Waals surface area contributed by atoms with Crippen molar-refractivity contribution in [1.82, 2.24) is 5.32 Å². The van der Waals surface area contributed by atoms with Crippen LogP contribution < -0.4 is 15.4 Å². The van der Waals surface area contributed by atoms with E-state index >= 15 is 0 Å². The van der Waals surface area contributed by atoms with Crippen molar-refractivity contribution >= 4 is 34.6 Å². The number of anilines is 1. The van der Waals surface area contributed by atoms with Gasteiger partial charge < -0.3 is 15.4 Å². The summed E-state index contributed by atoms with van der Waals surface area (Å²) in [7, 11) is 0. The molecule has 1 amide bonds. The number of hydrogen-bond acceptors (Lipinski definition) is 5. The van der Waals surface area contributed by atoms with Crippen molar-refractivity contribution < 1.29 is 14.5 Å². The molecule has 0 aromatic heterocycles. The summed E-state index contributed by atoms with van der Waals surface area (Å²) in [5.41, 5.74) is 1.27. The third-order valence-electron chi connectivity index (χ3n) is 3.48. The highest BCUT2D eigenvalue weighted by molar-refractivity contribution is 7.80. The molecule has 0 unspecified atom stereocenters. The Morgan fingerprint density at radius 2 is 1.96 bits per heavy atom. The molecule has 0 spiro atoms. The molecule has 0 saturated heterocycles. The number of ether oxygens (including phenoxy) is 1. The van der Waals surface area contributed by atoms with Gasteiger partial charge in [0.15, 0.2) is 5.11 Å². The van der Waals surface area contributed by atoms with Gasteiger partial charge in [0.2, 0.25) is 5.91 Å². The SMILES string of the molecule is Cc1cc([N+](=O)[O-])ccc1NC(=S)NC(=O)CCCOc1ccccc1. The van der Waals surface area contributed by atoms with E-state index in [-0.39, 0.29) is 23.1 Å². The molecule has 0 heterocycles. The highest BCUT2D eigenvalue weighted by Crippen LogP contribution is 2.21. The van der Waals surface area contributed by atoms with Gasteiger partial charge in [-0.05, 0) is 49.3 Å². The molecule has 0 bridgehead atoms. The summed E-state index contributed by atoms with van der Waals surface area (Å²) < 4.78 is 5.52. The number of nitro groups is 1. The smallest absolute Gasteiger partial charge is 0.269 e. The number of thiocarbonyl (C=S) groups is 1. The van der Waals surface area contributed by atoms with Crippen LogP contribution in [-0.4, -0.2) is 22.5 Å². The monoisotopic (exact) mass is 373 g/mol. The van der Waals surface area contributed by atoms with E-state index in [1.54, 1.807) is 13.0 Å². The minimum atomic E-state index is -0.464. The van der Waals surface area contributed by atoms with E-state index in [1.165, 1.54) is 12.1 Å². The van der Waals surface area contributed by atoms with E-state index in [4.69, 9.17) is 17.0 Å². The average molecular weight is 373 g/mol. The van der Waals surface area contributed by atoms with Crippen LogP contribution in [-0.2, 0) is 4.79 Å². The lowest BCUT2D eigenvalue weighted by Gasteiger charge is -2.11. The van der Waals surface area contributed by atoms with Gasteiger partial charge in [0.1, 0.15) is 5.75 Å². The van der Waals surface area contributed by atoms with Crippen LogP contribution in [0.1, 0.15) is 18.4 Å². The van der Waals surface area contributed by atoms with Gasteiger partial charge in [0, 0.05) is 24.2 Å². The molecule has 0 aliphatic carbocycles. The topological polar surface area (TPSA) is 93.5 Å². The Morgan fingerprint density at radius 3 is 2.62 bits per heavy atom. The zero-order valence-electron chi connectivity index (χ0n) is 14.2. The number of amides is 1. The van der Waals surface area contributed by atoms with E-state index in [0.717, 1.165) is 5.75 Å². The molecule has 136 valence electrons. The summed E-state index contributed by atoms with van der Waals surface area (Å²) in [6.45, 7) is 2.15. The molecule has 0 aliphatic heterocycles. The lowest BCUT2D eigenvalue weighted by molar-refractivity contribution is -0.384. The maximum Gasteiger partial charge on any atom is 0.269 e. The number of benzene rings is 2. The van der Waals surface area contributed by atoms with Crippen LogP contribution in [0.5, 0.6) is 5.75 Å². The molecule has 8 heteroatoms. The number of nitrogens with zero attached hydrogens (tertiary/aromatic N) is 1. The highest BCUT2D eigenvalue weighted by Gasteiger charge is 2.10. The molecule has 0 saturated carbocycles. The second-order valence-electron chi connectivity index (χ2n) is 5.52. The van der Waals surface area contributed by atoms with Crippen LogP contribution in [0, 0.1) is 17.0 Å². The molecule has 7 nitrogen and oxygen atoms in total. The minimum Gasteiger partial charge on any atom is -0.494 e. The molecule has 26 heavy (non-hydrogen) atoms. The van der Waals surface area contributed by atoms with Crippen LogP contribution in [0.3, 0.4) is 0 Å². The van der Waals surface area contributed by atoms with Crippen LogP contribution in [0.2, 0.25) is 0 Å². The molecular formula is C18H19N3O4S. The summed E-state index contributed by atoms with van der Waals surface area (Å²) in [6, 6.07) is 13.7. The molecule has 0 aliphatic rings. The van der Waals surface area contributed by atoms with E-state index in [9.17, 15) is 14.9 Å². The van der Waals surface area contributed by atoms with Gasteiger partial charge in [-0.25, -0.2) is 0 Å². The third-order valence-corrected chi connectivity index (χ3v) is 3.69. The highest BCUT2D eigenvalue weighted by atomic mass is 32.1. The number of non-ortho nitro benzene ring substituents is 1. The second kappa shape index (κ2) is 9.47. The minimum absolute atomic E-state index is 0.00131. The molecular weight excluding hydrogens is 354 g/mol. The van der Waals surface area contributed by atoms with Gasteiger partial charge in [-0.15, -0.1) is 0 Å². The van der Waals surface area contributed by atoms with Gasteiger partial charge >= 0.3 is 0 Å². The first-order chi connectivity index (χ1) is 12.5. The molecule has 2 rings (SSSR count). The van der Waals surface area contributed by atoms with E-state index in [0.29, 0.717) is 24.3 Å². The van der Waals surface area contributed by atoms with E-state index in [1.807, 2.05) is 30.3 Å². The molecule has 0 atom stereocenters. The van der Waals surface area contributed by atoms with E-state index in [2.05, 4.69) is 10.6 Å². The number of rotatable bonds is 7. The number of para-hydroxylation sites is 1. The Hall–Kier alpha value is -3.00. The normalized spacial score (nSPS) is 10.0. The predicted molar refractivity (Wildman–Crippen MR) is 103 cm³/mol. The average Bonchev–Trinajstić information content (AvgIpc) is 2.61. The maximum atomic E-state index is 11.9. The zero-order valence-corrected chi connectivity index (χ0v) is 15.0. The lowest BCUT2D eigenvalue weighted by atomic mass is 10.2. The fraction of sp³-hybridized carbons (Fsp3) is 0.222. The van der Waals surface area contributed by atoms with Crippen molar-refractivity contribution in [2.75, 3.05) is 11.9 Å². The molecule has 2 aromatic carbocycles. The predicted octanol–water partition coefficient (Wildman–Crippen LogP) is 3.58. The first-order valence-corrected chi connectivity index (χ1v) is 8.40. The molecule has 0 fully saturated rings. The van der Waals surface area contributed by atoms with Crippen molar-refractivity contribution in [3.8, 4) is 5.75 Å². The first kappa shape index (κ1) is 19.3. The van der Waals surface area contributed by atoms with Gasteiger partial charge in [0.25, 0.3) is 5.69 Å². The second-order valence-corrected chi connectivity index (χ2v) is 5.93. The van der Waals surface area contributed by atoms with Crippen LogP contribution in [0.25, 0.3) is 0 Å². The summed E-state index contributed by atoms with van der Waals surface area (Å²) in [5.74, 6) is 0.539. The van der Waals surface area contributed by atoms with Gasteiger partial charge in [-0.2, -0.15) is 0 Å². The Balaban J connectivity index is 1.73. The van der Waals surface area contributed by atoms with Crippen molar-refractivity contribution in [3.63, 3.8) is 0 Å². The number of carbonyl (C=O) groups excluding carboxylic acids is 1. The Labute approximate surface area is 156 Å². The molecule has 2 aromatic rings. The first-order valence-electron chi connectivity index (χ1n) is 7.99. The number of carbonyl (C=O) groups is 1. The summed E-state index contributed by atoms with van der Waals surface area (Å²) >= 11 is 5.10.